The van der Waals surface area contributed by atoms with Crippen LogP contribution in [0.5, 0.6) is 11.6 Å². The summed E-state index contributed by atoms with van der Waals surface area (Å²) in [7, 11) is 0. The van der Waals surface area contributed by atoms with E-state index in [-0.39, 0.29) is 0 Å². The van der Waals surface area contributed by atoms with E-state index in [2.05, 4.69) is 22.1 Å². The molecule has 0 aliphatic carbocycles. The van der Waals surface area contributed by atoms with Crippen LogP contribution in [0.1, 0.15) is 0 Å². The number of benzene rings is 3. The number of aromatic nitrogens is 2. The molecule has 0 amide bonds. The molecule has 3 nitrogen and oxygen atoms in total. The van der Waals surface area contributed by atoms with Crippen molar-refractivity contribution in [2.75, 3.05) is 0 Å². The summed E-state index contributed by atoms with van der Waals surface area (Å²) in [5.41, 5.74) is 0.878. The number of fused-ring (bicyclic) bond motifs is 2. The van der Waals surface area contributed by atoms with Crippen LogP contribution >= 0.6 is 0 Å². The Balaban J connectivity index is 1.79. The van der Waals surface area contributed by atoms with Crippen molar-refractivity contribution in [1.82, 2.24) is 9.97 Å². The molecule has 0 aliphatic heterocycles. The zero-order valence-electron chi connectivity index (χ0n) is 11.2. The third kappa shape index (κ3) is 2.19. The first-order chi connectivity index (χ1) is 10.4. The average molecular weight is 272 g/mol. The van der Waals surface area contributed by atoms with Crippen molar-refractivity contribution in [2.45, 2.75) is 0 Å². The molecule has 0 bridgehead atoms. The highest BCUT2D eigenvalue weighted by atomic mass is 16.5. The van der Waals surface area contributed by atoms with Gasteiger partial charge in [0, 0.05) is 0 Å². The molecule has 1 aromatic heterocycles. The molecule has 0 saturated heterocycles. The van der Waals surface area contributed by atoms with E-state index in [0.717, 1.165) is 22.0 Å². The molecule has 3 aromatic carbocycles. The zero-order chi connectivity index (χ0) is 14.1. The highest BCUT2D eigenvalue weighted by molar-refractivity contribution is 5.85. The lowest BCUT2D eigenvalue weighted by atomic mass is 10.1. The molecule has 4 rings (SSSR count). The summed E-state index contributed by atoms with van der Waals surface area (Å²) in [4.78, 5) is 8.49. The second-order valence-electron chi connectivity index (χ2n) is 4.81. The fourth-order valence-electron chi connectivity index (χ4n) is 2.40. The lowest BCUT2D eigenvalue weighted by Crippen LogP contribution is -1.91. The fourth-order valence-corrected chi connectivity index (χ4v) is 2.40. The summed E-state index contributed by atoms with van der Waals surface area (Å²) in [6, 6.07) is 22.1. The summed E-state index contributed by atoms with van der Waals surface area (Å²) in [5.74, 6) is 1.36. The molecular formula is C18H12N2O. The number of hydrogen-bond donors (Lipinski definition) is 0. The van der Waals surface area contributed by atoms with Gasteiger partial charge in [-0.05, 0) is 35.0 Å². The van der Waals surface area contributed by atoms with E-state index >= 15 is 0 Å². The lowest BCUT2D eigenvalue weighted by Gasteiger charge is -2.08. The standard InChI is InChI=1S/C18H12N2O/c1-2-6-14-11-15(10-9-13(14)5-1)21-18-16-7-3-4-8-17(16)19-12-20-18/h1-12H. The van der Waals surface area contributed by atoms with Crippen LogP contribution in [0.2, 0.25) is 0 Å². The largest absolute Gasteiger partial charge is 0.438 e. The molecule has 0 radical (unpaired) electrons. The van der Waals surface area contributed by atoms with Crippen LogP contribution in [0.15, 0.2) is 73.1 Å². The summed E-state index contributed by atoms with van der Waals surface area (Å²) < 4.78 is 5.95. The van der Waals surface area contributed by atoms with Crippen LogP contribution in [0.4, 0.5) is 0 Å². The van der Waals surface area contributed by atoms with Crippen molar-refractivity contribution < 1.29 is 4.74 Å². The predicted octanol–water partition coefficient (Wildman–Crippen LogP) is 4.58. The van der Waals surface area contributed by atoms with Gasteiger partial charge in [-0.2, -0.15) is 0 Å². The van der Waals surface area contributed by atoms with Crippen LogP contribution in [-0.4, -0.2) is 9.97 Å². The van der Waals surface area contributed by atoms with Crippen LogP contribution in [0, 0.1) is 0 Å². The molecule has 100 valence electrons. The Bertz CT molecular complexity index is 929. The van der Waals surface area contributed by atoms with Crippen molar-refractivity contribution in [3.63, 3.8) is 0 Å². The Morgan fingerprint density at radius 1 is 0.714 bits per heavy atom. The van der Waals surface area contributed by atoms with Gasteiger partial charge in [0.25, 0.3) is 0 Å². The van der Waals surface area contributed by atoms with Gasteiger partial charge >= 0.3 is 0 Å². The Kier molecular flexibility index (Phi) is 2.75. The van der Waals surface area contributed by atoms with E-state index < -0.39 is 0 Å². The first kappa shape index (κ1) is 11.9. The summed E-state index contributed by atoms with van der Waals surface area (Å²) >= 11 is 0. The molecule has 21 heavy (non-hydrogen) atoms. The van der Waals surface area contributed by atoms with Crippen molar-refractivity contribution in [1.29, 1.82) is 0 Å². The second-order valence-corrected chi connectivity index (χ2v) is 4.81. The minimum absolute atomic E-state index is 0.580. The van der Waals surface area contributed by atoms with Gasteiger partial charge in [0.15, 0.2) is 0 Å². The van der Waals surface area contributed by atoms with E-state index in [4.69, 9.17) is 4.74 Å². The lowest BCUT2D eigenvalue weighted by molar-refractivity contribution is 0.469. The molecule has 0 saturated carbocycles. The third-order valence-corrected chi connectivity index (χ3v) is 3.44. The number of ether oxygens (including phenoxy) is 1. The highest BCUT2D eigenvalue weighted by Crippen LogP contribution is 2.28. The molecule has 4 aromatic rings. The quantitative estimate of drug-likeness (QED) is 0.536. The van der Waals surface area contributed by atoms with Gasteiger partial charge in [-0.3, -0.25) is 0 Å². The van der Waals surface area contributed by atoms with E-state index in [1.54, 1.807) is 0 Å². The zero-order valence-corrected chi connectivity index (χ0v) is 11.2. The minimum Gasteiger partial charge on any atom is -0.438 e. The van der Waals surface area contributed by atoms with E-state index in [1.807, 2.05) is 54.6 Å². The van der Waals surface area contributed by atoms with Crippen LogP contribution in [-0.2, 0) is 0 Å². The molecular weight excluding hydrogens is 260 g/mol. The topological polar surface area (TPSA) is 35.0 Å². The van der Waals surface area contributed by atoms with Gasteiger partial charge in [0.2, 0.25) is 5.88 Å². The molecule has 0 N–H and O–H groups in total. The number of nitrogens with zero attached hydrogens (tertiary/aromatic N) is 2. The summed E-state index contributed by atoms with van der Waals surface area (Å²) in [6.45, 7) is 0. The second kappa shape index (κ2) is 4.87. The van der Waals surface area contributed by atoms with Crippen LogP contribution in [0.25, 0.3) is 21.7 Å². The first-order valence-corrected chi connectivity index (χ1v) is 6.76. The Morgan fingerprint density at radius 3 is 2.48 bits per heavy atom. The summed E-state index contributed by atoms with van der Waals surface area (Å²) in [5, 5.41) is 3.25. The highest BCUT2D eigenvalue weighted by Gasteiger charge is 2.05. The maximum Gasteiger partial charge on any atom is 0.230 e. The third-order valence-electron chi connectivity index (χ3n) is 3.44. The molecule has 0 unspecified atom stereocenters. The predicted molar refractivity (Wildman–Crippen MR) is 83.6 cm³/mol. The molecule has 0 atom stereocenters. The SMILES string of the molecule is c1ccc2cc(Oc3ncnc4ccccc34)ccc2c1. The van der Waals surface area contributed by atoms with Crippen molar-refractivity contribution in [2.24, 2.45) is 0 Å². The monoisotopic (exact) mass is 272 g/mol. The van der Waals surface area contributed by atoms with E-state index in [9.17, 15) is 0 Å². The Morgan fingerprint density at radius 2 is 1.52 bits per heavy atom. The summed E-state index contributed by atoms with van der Waals surface area (Å²) in [6.07, 6.45) is 1.53. The molecule has 0 fully saturated rings. The molecule has 1 heterocycles. The Hall–Kier alpha value is -2.94. The molecule has 3 heteroatoms. The van der Waals surface area contributed by atoms with Crippen LogP contribution in [0.3, 0.4) is 0 Å². The molecule has 0 spiro atoms. The maximum absolute atomic E-state index is 5.95. The smallest absolute Gasteiger partial charge is 0.230 e. The maximum atomic E-state index is 5.95. The minimum atomic E-state index is 0.580. The van der Waals surface area contributed by atoms with Crippen molar-refractivity contribution in [3.05, 3.63) is 73.1 Å². The van der Waals surface area contributed by atoms with Gasteiger partial charge in [0.1, 0.15) is 12.1 Å². The van der Waals surface area contributed by atoms with Gasteiger partial charge in [-0.15, -0.1) is 0 Å². The van der Waals surface area contributed by atoms with Gasteiger partial charge in [-0.1, -0.05) is 42.5 Å². The first-order valence-electron chi connectivity index (χ1n) is 6.76. The van der Waals surface area contributed by atoms with Gasteiger partial charge in [-0.25, -0.2) is 9.97 Å². The van der Waals surface area contributed by atoms with Crippen molar-refractivity contribution in [3.8, 4) is 11.6 Å². The normalized spacial score (nSPS) is 10.9. The number of rotatable bonds is 2. The Labute approximate surface area is 121 Å². The van der Waals surface area contributed by atoms with Gasteiger partial charge < -0.3 is 4.74 Å². The number of hydrogen-bond acceptors (Lipinski definition) is 3. The fraction of sp³-hybridized carbons (Fsp3) is 0. The van der Waals surface area contributed by atoms with E-state index in [1.165, 1.54) is 11.7 Å². The molecule has 0 aliphatic rings. The van der Waals surface area contributed by atoms with Gasteiger partial charge in [0.05, 0.1) is 10.9 Å². The average Bonchev–Trinajstić information content (AvgIpc) is 2.55. The van der Waals surface area contributed by atoms with E-state index in [0.29, 0.717) is 5.88 Å². The van der Waals surface area contributed by atoms with Crippen molar-refractivity contribution >= 4 is 21.7 Å². The number of para-hydroxylation sites is 1. The van der Waals surface area contributed by atoms with Crippen LogP contribution < -0.4 is 4.74 Å².